The molecule has 0 amide bonds. The van der Waals surface area contributed by atoms with Crippen LogP contribution < -0.4 is 0 Å². The molecular formula is C7H12N2O2S. The molecule has 0 fully saturated rings. The Hall–Kier alpha value is -0.840. The number of rotatable bonds is 2. The van der Waals surface area contributed by atoms with E-state index in [0.29, 0.717) is 0 Å². The van der Waals surface area contributed by atoms with Gasteiger partial charge in [-0.1, -0.05) is 6.92 Å². The molecule has 0 aliphatic rings. The van der Waals surface area contributed by atoms with Crippen LogP contribution in [0.1, 0.15) is 12.6 Å². The van der Waals surface area contributed by atoms with Gasteiger partial charge in [-0.3, -0.25) is 0 Å². The second-order valence-corrected chi connectivity index (χ2v) is 4.82. The Balaban J connectivity index is 3.30. The highest BCUT2D eigenvalue weighted by atomic mass is 32.2. The van der Waals surface area contributed by atoms with Crippen LogP contribution >= 0.6 is 0 Å². The highest BCUT2D eigenvalue weighted by Crippen LogP contribution is 2.09. The van der Waals surface area contributed by atoms with Crippen LogP contribution in [0, 0.1) is 6.92 Å². The summed E-state index contributed by atoms with van der Waals surface area (Å²) in [5.41, 5.74) is 0.849. The maximum atomic E-state index is 11.4. The molecule has 1 aromatic rings. The highest BCUT2D eigenvalue weighted by Gasteiger charge is 2.17. The monoisotopic (exact) mass is 188 g/mol. The molecule has 0 aliphatic carbocycles. The third-order valence-electron chi connectivity index (χ3n) is 1.84. The summed E-state index contributed by atoms with van der Waals surface area (Å²) >= 11 is 0. The van der Waals surface area contributed by atoms with Crippen molar-refractivity contribution in [3.63, 3.8) is 0 Å². The molecule has 5 heteroatoms. The van der Waals surface area contributed by atoms with Crippen molar-refractivity contribution in [1.82, 2.24) is 9.55 Å². The molecule has 0 bridgehead atoms. The predicted molar refractivity (Wildman–Crippen MR) is 45.7 cm³/mol. The Morgan fingerprint density at radius 3 is 2.50 bits per heavy atom. The molecule has 0 unspecified atom stereocenters. The lowest BCUT2D eigenvalue weighted by Gasteiger charge is -2.01. The van der Waals surface area contributed by atoms with Crippen LogP contribution in [0.2, 0.25) is 0 Å². The summed E-state index contributed by atoms with van der Waals surface area (Å²) in [6.07, 6.45) is 1.56. The molecule has 1 aromatic heterocycles. The molecule has 12 heavy (non-hydrogen) atoms. The third kappa shape index (κ3) is 1.36. The van der Waals surface area contributed by atoms with E-state index in [1.807, 2.05) is 6.92 Å². The first kappa shape index (κ1) is 9.25. The van der Waals surface area contributed by atoms with Gasteiger partial charge in [0.2, 0.25) is 15.0 Å². The Morgan fingerprint density at radius 2 is 2.17 bits per heavy atom. The summed E-state index contributed by atoms with van der Waals surface area (Å²) in [6.45, 7) is 3.43. The number of hydrogen-bond acceptors (Lipinski definition) is 3. The van der Waals surface area contributed by atoms with Crippen molar-refractivity contribution < 1.29 is 8.42 Å². The number of aromatic nitrogens is 2. The van der Waals surface area contributed by atoms with E-state index in [0.717, 1.165) is 5.69 Å². The molecule has 0 atom stereocenters. The van der Waals surface area contributed by atoms with Crippen LogP contribution in [0.15, 0.2) is 11.4 Å². The first-order chi connectivity index (χ1) is 5.49. The van der Waals surface area contributed by atoms with Crippen molar-refractivity contribution in [2.45, 2.75) is 19.0 Å². The van der Waals surface area contributed by atoms with Gasteiger partial charge in [0.25, 0.3) is 0 Å². The molecule has 1 heterocycles. The lowest BCUT2D eigenvalue weighted by molar-refractivity contribution is 0.579. The molecule has 0 saturated heterocycles. The van der Waals surface area contributed by atoms with Crippen LogP contribution in [-0.4, -0.2) is 23.7 Å². The smallest absolute Gasteiger partial charge is 0.227 e. The Bertz CT molecular complexity index is 378. The Kier molecular flexibility index (Phi) is 2.23. The molecule has 0 spiro atoms. The molecule has 1 rings (SSSR count). The van der Waals surface area contributed by atoms with Gasteiger partial charge >= 0.3 is 0 Å². The maximum absolute atomic E-state index is 11.4. The zero-order valence-corrected chi connectivity index (χ0v) is 8.22. The SMILES string of the molecule is CCS(=O)(=O)c1ncc(C)n1C. The molecule has 0 radical (unpaired) electrons. The van der Waals surface area contributed by atoms with Gasteiger partial charge in [0.15, 0.2) is 0 Å². The van der Waals surface area contributed by atoms with Gasteiger partial charge in [-0.05, 0) is 6.92 Å². The van der Waals surface area contributed by atoms with E-state index in [-0.39, 0.29) is 10.9 Å². The molecule has 0 N–H and O–H groups in total. The van der Waals surface area contributed by atoms with Gasteiger partial charge in [0.1, 0.15) is 0 Å². The zero-order chi connectivity index (χ0) is 9.35. The van der Waals surface area contributed by atoms with E-state index in [4.69, 9.17) is 0 Å². The summed E-state index contributed by atoms with van der Waals surface area (Å²) in [7, 11) is -1.46. The van der Waals surface area contributed by atoms with E-state index in [1.165, 1.54) is 0 Å². The summed E-state index contributed by atoms with van der Waals surface area (Å²) in [6, 6.07) is 0. The van der Waals surface area contributed by atoms with E-state index >= 15 is 0 Å². The Morgan fingerprint density at radius 1 is 1.58 bits per heavy atom. The third-order valence-corrected chi connectivity index (χ3v) is 3.53. The van der Waals surface area contributed by atoms with E-state index in [2.05, 4.69) is 4.98 Å². The molecular weight excluding hydrogens is 176 g/mol. The summed E-state index contributed by atoms with van der Waals surface area (Å²) in [5.74, 6) is 0.0945. The second-order valence-electron chi connectivity index (χ2n) is 2.64. The molecule has 68 valence electrons. The minimum absolute atomic E-state index is 0.0945. The number of aryl methyl sites for hydroxylation is 1. The summed E-state index contributed by atoms with van der Waals surface area (Å²) in [5, 5.41) is 0.155. The van der Waals surface area contributed by atoms with Crippen LogP contribution in [-0.2, 0) is 16.9 Å². The fourth-order valence-corrected chi connectivity index (χ4v) is 1.92. The lowest BCUT2D eigenvalue weighted by atomic mass is 10.5. The van der Waals surface area contributed by atoms with Crippen molar-refractivity contribution in [2.24, 2.45) is 7.05 Å². The van der Waals surface area contributed by atoms with Crippen molar-refractivity contribution in [1.29, 1.82) is 0 Å². The van der Waals surface area contributed by atoms with Crippen molar-refractivity contribution in [2.75, 3.05) is 5.75 Å². The lowest BCUT2D eigenvalue weighted by Crippen LogP contribution is -2.10. The van der Waals surface area contributed by atoms with Gasteiger partial charge in [-0.15, -0.1) is 0 Å². The van der Waals surface area contributed by atoms with Crippen molar-refractivity contribution in [3.05, 3.63) is 11.9 Å². The normalized spacial score (nSPS) is 11.9. The topological polar surface area (TPSA) is 52.0 Å². The van der Waals surface area contributed by atoms with Gasteiger partial charge in [0, 0.05) is 18.9 Å². The average Bonchev–Trinajstić information content (AvgIpc) is 2.33. The van der Waals surface area contributed by atoms with Gasteiger partial charge in [0.05, 0.1) is 5.75 Å². The van der Waals surface area contributed by atoms with Gasteiger partial charge in [-0.2, -0.15) is 0 Å². The average molecular weight is 188 g/mol. The minimum Gasteiger partial charge on any atom is -0.322 e. The fourth-order valence-electron chi connectivity index (χ4n) is 0.891. The Labute approximate surface area is 72.2 Å². The second kappa shape index (κ2) is 2.90. The highest BCUT2D eigenvalue weighted by molar-refractivity contribution is 7.91. The van der Waals surface area contributed by atoms with Crippen molar-refractivity contribution >= 4 is 9.84 Å². The van der Waals surface area contributed by atoms with Gasteiger partial charge < -0.3 is 4.57 Å². The van der Waals surface area contributed by atoms with Crippen LogP contribution in [0.4, 0.5) is 0 Å². The first-order valence-corrected chi connectivity index (χ1v) is 5.35. The summed E-state index contributed by atoms with van der Waals surface area (Å²) in [4.78, 5) is 3.83. The van der Waals surface area contributed by atoms with Crippen LogP contribution in [0.25, 0.3) is 0 Å². The minimum atomic E-state index is -3.16. The largest absolute Gasteiger partial charge is 0.322 e. The molecule has 0 aromatic carbocycles. The fraction of sp³-hybridized carbons (Fsp3) is 0.571. The number of imidazole rings is 1. The number of nitrogens with zero attached hydrogens (tertiary/aromatic N) is 2. The van der Waals surface area contributed by atoms with E-state index in [1.54, 1.807) is 24.7 Å². The maximum Gasteiger partial charge on any atom is 0.227 e. The van der Waals surface area contributed by atoms with Crippen LogP contribution in [0.5, 0.6) is 0 Å². The number of sulfone groups is 1. The first-order valence-electron chi connectivity index (χ1n) is 3.70. The van der Waals surface area contributed by atoms with Crippen LogP contribution in [0.3, 0.4) is 0 Å². The van der Waals surface area contributed by atoms with Gasteiger partial charge in [-0.25, -0.2) is 13.4 Å². The quantitative estimate of drug-likeness (QED) is 0.680. The van der Waals surface area contributed by atoms with E-state index in [9.17, 15) is 8.42 Å². The van der Waals surface area contributed by atoms with E-state index < -0.39 is 9.84 Å². The molecule has 0 saturated carbocycles. The zero-order valence-electron chi connectivity index (χ0n) is 7.40. The van der Waals surface area contributed by atoms with Crippen molar-refractivity contribution in [3.8, 4) is 0 Å². The number of hydrogen-bond donors (Lipinski definition) is 0. The molecule has 4 nitrogen and oxygen atoms in total. The summed E-state index contributed by atoms with van der Waals surface area (Å²) < 4.78 is 24.3. The standard InChI is InChI=1S/C7H12N2O2S/c1-4-12(10,11)7-8-5-6(2)9(7)3/h5H,4H2,1-3H3. The molecule has 0 aliphatic heterocycles. The predicted octanol–water partition coefficient (Wildman–Crippen LogP) is 0.522.